The van der Waals surface area contributed by atoms with Gasteiger partial charge in [0, 0.05) is 5.56 Å². The summed E-state index contributed by atoms with van der Waals surface area (Å²) in [6, 6.07) is 7.08. The standard InChI is InChI=1S/C9H9NO3/c11-9-8-4-2-1-3-7(8)5-13-6-10(9)12/h1-4,12H,5-6H2. The Labute approximate surface area is 75.3 Å². The van der Waals surface area contributed by atoms with Gasteiger partial charge in [-0.25, -0.2) is 0 Å². The first-order valence-corrected chi connectivity index (χ1v) is 3.95. The minimum absolute atomic E-state index is 0.0759. The number of nitrogens with zero attached hydrogens (tertiary/aromatic N) is 1. The summed E-state index contributed by atoms with van der Waals surface area (Å²) in [5.41, 5.74) is 1.31. The summed E-state index contributed by atoms with van der Waals surface area (Å²) in [5, 5.41) is 9.74. The van der Waals surface area contributed by atoms with E-state index in [2.05, 4.69) is 0 Å². The van der Waals surface area contributed by atoms with Gasteiger partial charge in [-0.15, -0.1) is 0 Å². The summed E-state index contributed by atoms with van der Waals surface area (Å²) in [6.07, 6.45) is 0. The third-order valence-electron chi connectivity index (χ3n) is 1.95. The lowest BCUT2D eigenvalue weighted by molar-refractivity contribution is -0.124. The van der Waals surface area contributed by atoms with Crippen LogP contribution in [0.25, 0.3) is 0 Å². The average molecular weight is 179 g/mol. The summed E-state index contributed by atoms with van der Waals surface area (Å²) in [6.45, 7) is 0.284. The van der Waals surface area contributed by atoms with Gasteiger partial charge >= 0.3 is 0 Å². The number of fused-ring (bicyclic) bond motifs is 1. The molecular weight excluding hydrogens is 170 g/mol. The molecule has 4 heteroatoms. The van der Waals surface area contributed by atoms with Gasteiger partial charge in [0.15, 0.2) is 0 Å². The number of benzene rings is 1. The van der Waals surface area contributed by atoms with Crippen molar-refractivity contribution in [1.82, 2.24) is 5.06 Å². The normalized spacial score (nSPS) is 16.7. The molecule has 1 aliphatic rings. The van der Waals surface area contributed by atoms with Gasteiger partial charge in [-0.1, -0.05) is 18.2 Å². The molecule has 0 aliphatic carbocycles. The van der Waals surface area contributed by atoms with Crippen molar-refractivity contribution in [2.75, 3.05) is 6.73 Å². The SMILES string of the molecule is O=C1c2ccccc2COCN1O. The second-order valence-electron chi connectivity index (χ2n) is 2.84. The van der Waals surface area contributed by atoms with Crippen LogP contribution in [0.1, 0.15) is 15.9 Å². The highest BCUT2D eigenvalue weighted by atomic mass is 16.6. The third-order valence-corrected chi connectivity index (χ3v) is 1.95. The van der Waals surface area contributed by atoms with Crippen LogP contribution in [0.2, 0.25) is 0 Å². The maximum atomic E-state index is 11.4. The Morgan fingerprint density at radius 3 is 3.00 bits per heavy atom. The van der Waals surface area contributed by atoms with E-state index in [1.165, 1.54) is 0 Å². The van der Waals surface area contributed by atoms with Crippen molar-refractivity contribution in [2.45, 2.75) is 6.61 Å². The molecule has 0 aromatic heterocycles. The summed E-state index contributed by atoms with van der Waals surface area (Å²) in [5.74, 6) is -0.409. The Hall–Kier alpha value is -1.39. The molecule has 2 rings (SSSR count). The third kappa shape index (κ3) is 1.41. The van der Waals surface area contributed by atoms with Crippen molar-refractivity contribution in [1.29, 1.82) is 0 Å². The number of carbonyl (C=O) groups excluding carboxylic acids is 1. The highest BCUT2D eigenvalue weighted by Crippen LogP contribution is 2.15. The Balaban J connectivity index is 2.46. The van der Waals surface area contributed by atoms with Crippen LogP contribution in [0.15, 0.2) is 24.3 Å². The quantitative estimate of drug-likeness (QED) is 0.604. The molecule has 0 saturated carbocycles. The van der Waals surface area contributed by atoms with Gasteiger partial charge in [-0.2, -0.15) is 5.06 Å². The van der Waals surface area contributed by atoms with Crippen LogP contribution in [0.3, 0.4) is 0 Å². The number of hydrogen-bond donors (Lipinski definition) is 1. The van der Waals surface area contributed by atoms with Crippen molar-refractivity contribution in [3.63, 3.8) is 0 Å². The fraction of sp³-hybridized carbons (Fsp3) is 0.222. The van der Waals surface area contributed by atoms with Crippen LogP contribution >= 0.6 is 0 Å². The molecule has 0 saturated heterocycles. The van der Waals surface area contributed by atoms with Crippen molar-refractivity contribution in [2.24, 2.45) is 0 Å². The summed E-state index contributed by atoms with van der Waals surface area (Å²) >= 11 is 0. The molecule has 13 heavy (non-hydrogen) atoms. The number of rotatable bonds is 0. The highest BCUT2D eigenvalue weighted by molar-refractivity contribution is 5.95. The number of hydrogen-bond acceptors (Lipinski definition) is 3. The molecule has 0 bridgehead atoms. The number of carbonyl (C=O) groups is 1. The molecule has 1 aromatic carbocycles. The molecule has 1 amide bonds. The van der Waals surface area contributed by atoms with Crippen LogP contribution in [-0.2, 0) is 11.3 Å². The molecule has 1 aromatic rings. The average Bonchev–Trinajstić information content (AvgIpc) is 2.29. The zero-order chi connectivity index (χ0) is 9.26. The largest absolute Gasteiger partial charge is 0.354 e. The molecule has 0 radical (unpaired) electrons. The molecule has 0 unspecified atom stereocenters. The van der Waals surface area contributed by atoms with E-state index in [9.17, 15) is 4.79 Å². The summed E-state index contributed by atoms with van der Waals surface area (Å²) in [7, 11) is 0. The molecule has 68 valence electrons. The first kappa shape index (κ1) is 8.22. The Kier molecular flexibility index (Phi) is 2.00. The van der Waals surface area contributed by atoms with Crippen molar-refractivity contribution < 1.29 is 14.7 Å². The zero-order valence-corrected chi connectivity index (χ0v) is 6.93. The van der Waals surface area contributed by atoms with Gasteiger partial charge in [0.2, 0.25) is 0 Å². The lowest BCUT2D eigenvalue weighted by atomic mass is 10.1. The van der Waals surface area contributed by atoms with E-state index in [-0.39, 0.29) is 6.73 Å². The number of hydroxylamine groups is 2. The van der Waals surface area contributed by atoms with E-state index in [0.29, 0.717) is 17.2 Å². The monoisotopic (exact) mass is 179 g/mol. The molecule has 1 aliphatic heterocycles. The first-order chi connectivity index (χ1) is 6.29. The molecule has 0 fully saturated rings. The fourth-order valence-electron chi connectivity index (χ4n) is 1.29. The van der Waals surface area contributed by atoms with E-state index < -0.39 is 5.91 Å². The van der Waals surface area contributed by atoms with Gasteiger partial charge in [0.1, 0.15) is 6.73 Å². The smallest absolute Gasteiger partial charge is 0.279 e. The molecular formula is C9H9NO3. The number of amides is 1. The molecule has 1 heterocycles. The maximum absolute atomic E-state index is 11.4. The van der Waals surface area contributed by atoms with Gasteiger partial charge < -0.3 is 4.74 Å². The zero-order valence-electron chi connectivity index (χ0n) is 6.93. The molecule has 0 atom stereocenters. The van der Waals surface area contributed by atoms with Gasteiger partial charge in [0.25, 0.3) is 5.91 Å². The fourth-order valence-corrected chi connectivity index (χ4v) is 1.29. The van der Waals surface area contributed by atoms with Crippen LogP contribution in [0, 0.1) is 0 Å². The molecule has 1 N–H and O–H groups in total. The lowest BCUT2D eigenvalue weighted by Gasteiger charge is -2.10. The molecule has 0 spiro atoms. The van der Waals surface area contributed by atoms with Crippen molar-refractivity contribution >= 4 is 5.91 Å². The van der Waals surface area contributed by atoms with E-state index >= 15 is 0 Å². The Morgan fingerprint density at radius 1 is 1.38 bits per heavy atom. The van der Waals surface area contributed by atoms with Crippen molar-refractivity contribution in [3.05, 3.63) is 35.4 Å². The van der Waals surface area contributed by atoms with Crippen molar-refractivity contribution in [3.8, 4) is 0 Å². The molecule has 4 nitrogen and oxygen atoms in total. The van der Waals surface area contributed by atoms with Crippen LogP contribution < -0.4 is 0 Å². The predicted octanol–water partition coefficient (Wildman–Crippen LogP) is 1.01. The van der Waals surface area contributed by atoms with Crippen LogP contribution in [0.5, 0.6) is 0 Å². The van der Waals surface area contributed by atoms with Gasteiger partial charge in [0.05, 0.1) is 6.61 Å². The van der Waals surface area contributed by atoms with E-state index in [4.69, 9.17) is 9.94 Å². The Bertz CT molecular complexity index is 337. The van der Waals surface area contributed by atoms with Crippen LogP contribution in [-0.4, -0.2) is 22.9 Å². The second-order valence-corrected chi connectivity index (χ2v) is 2.84. The maximum Gasteiger partial charge on any atom is 0.279 e. The van der Waals surface area contributed by atoms with Crippen LogP contribution in [0.4, 0.5) is 0 Å². The van der Waals surface area contributed by atoms with Gasteiger partial charge in [-0.05, 0) is 11.6 Å². The summed E-state index contributed by atoms with van der Waals surface area (Å²) < 4.78 is 5.06. The van der Waals surface area contributed by atoms with Gasteiger partial charge in [-0.3, -0.25) is 10.0 Å². The topological polar surface area (TPSA) is 49.8 Å². The predicted molar refractivity (Wildman–Crippen MR) is 44.1 cm³/mol. The minimum atomic E-state index is -0.409. The lowest BCUT2D eigenvalue weighted by Crippen LogP contribution is -2.27. The highest BCUT2D eigenvalue weighted by Gasteiger charge is 2.20. The van der Waals surface area contributed by atoms with E-state index in [0.717, 1.165) is 5.56 Å². The Morgan fingerprint density at radius 2 is 2.15 bits per heavy atom. The summed E-state index contributed by atoms with van der Waals surface area (Å²) in [4.78, 5) is 11.4. The number of ether oxygens (including phenoxy) is 1. The second kappa shape index (κ2) is 3.16. The van der Waals surface area contributed by atoms with E-state index in [1.54, 1.807) is 12.1 Å². The first-order valence-electron chi connectivity index (χ1n) is 3.95. The van der Waals surface area contributed by atoms with E-state index in [1.807, 2.05) is 12.1 Å². The minimum Gasteiger partial charge on any atom is -0.354 e.